The Morgan fingerprint density at radius 2 is 1.54 bits per heavy atom. The fourth-order valence-corrected chi connectivity index (χ4v) is 1.83. The van der Waals surface area contributed by atoms with Crippen LogP contribution in [0.15, 0.2) is 65.1 Å². The van der Waals surface area contributed by atoms with Gasteiger partial charge in [0.25, 0.3) is 5.95 Å². The summed E-state index contributed by atoms with van der Waals surface area (Å²) >= 11 is 0. The highest BCUT2D eigenvalue weighted by atomic mass is 19.1. The van der Waals surface area contributed by atoms with Crippen molar-refractivity contribution in [3.63, 3.8) is 0 Å². The van der Waals surface area contributed by atoms with Gasteiger partial charge < -0.3 is 0 Å². The van der Waals surface area contributed by atoms with Gasteiger partial charge in [0.15, 0.2) is 0 Å². The number of hydrogen-bond donors (Lipinski definition) is 1. The minimum absolute atomic E-state index is 0.204. The lowest BCUT2D eigenvalue weighted by Crippen LogP contribution is -2.00. The van der Waals surface area contributed by atoms with Crippen molar-refractivity contribution in [2.24, 2.45) is 10.2 Å². The van der Waals surface area contributed by atoms with Crippen LogP contribution in [0, 0.1) is 11.6 Å². The number of halogens is 2. The summed E-state index contributed by atoms with van der Waals surface area (Å²) in [5, 5.41) is 15.4. The van der Waals surface area contributed by atoms with E-state index in [0.29, 0.717) is 11.1 Å². The van der Waals surface area contributed by atoms with Gasteiger partial charge in [-0.3, -0.25) is 0 Å². The molecule has 0 bridgehead atoms. The number of nitrogens with one attached hydrogen (secondary N) is 1. The fraction of sp³-hybridized carbons (Fsp3) is 0. The fourth-order valence-electron chi connectivity index (χ4n) is 1.83. The monoisotopic (exact) mass is 326 g/mol. The number of nitrogens with zero attached hydrogens (tertiary/aromatic N) is 5. The summed E-state index contributed by atoms with van der Waals surface area (Å²) in [6.45, 7) is 0. The highest BCUT2D eigenvalue weighted by Crippen LogP contribution is 2.06. The summed E-state index contributed by atoms with van der Waals surface area (Å²) in [6.07, 6.45) is 3.98. The molecule has 1 heterocycles. The maximum absolute atomic E-state index is 13.5. The van der Waals surface area contributed by atoms with Gasteiger partial charge in [0.2, 0.25) is 0 Å². The van der Waals surface area contributed by atoms with Gasteiger partial charge in [-0.1, -0.05) is 36.4 Å². The molecular formula is C16H12F2N6. The number of hydrazone groups is 1. The Morgan fingerprint density at radius 1 is 0.917 bits per heavy atom. The summed E-state index contributed by atoms with van der Waals surface area (Å²) in [7, 11) is 0. The number of hydrogen-bond acceptors (Lipinski definition) is 5. The average molecular weight is 326 g/mol. The average Bonchev–Trinajstić information content (AvgIpc) is 3.03. The van der Waals surface area contributed by atoms with Crippen LogP contribution in [0.4, 0.5) is 14.7 Å². The zero-order chi connectivity index (χ0) is 16.8. The van der Waals surface area contributed by atoms with Crippen molar-refractivity contribution in [3.05, 3.63) is 77.6 Å². The smallest absolute Gasteiger partial charge is 0.244 e. The molecule has 120 valence electrons. The van der Waals surface area contributed by atoms with E-state index in [1.54, 1.807) is 36.4 Å². The van der Waals surface area contributed by atoms with Gasteiger partial charge >= 0.3 is 0 Å². The normalized spacial score (nSPS) is 11.4. The highest BCUT2D eigenvalue weighted by molar-refractivity contribution is 5.80. The van der Waals surface area contributed by atoms with E-state index >= 15 is 0 Å². The van der Waals surface area contributed by atoms with Gasteiger partial charge in [0.1, 0.15) is 18.0 Å². The Morgan fingerprint density at radius 3 is 2.21 bits per heavy atom. The quantitative estimate of drug-likeness (QED) is 0.579. The predicted molar refractivity (Wildman–Crippen MR) is 87.0 cm³/mol. The number of aromatic nitrogens is 3. The van der Waals surface area contributed by atoms with E-state index in [2.05, 4.69) is 25.8 Å². The molecule has 0 radical (unpaired) electrons. The highest BCUT2D eigenvalue weighted by Gasteiger charge is 2.02. The molecule has 6 nitrogen and oxygen atoms in total. The van der Waals surface area contributed by atoms with Crippen LogP contribution in [-0.4, -0.2) is 27.3 Å². The number of anilines is 1. The van der Waals surface area contributed by atoms with Crippen LogP contribution >= 0.6 is 0 Å². The maximum Gasteiger partial charge on any atom is 0.265 e. The first-order chi connectivity index (χ1) is 11.7. The molecule has 0 saturated heterocycles. The van der Waals surface area contributed by atoms with E-state index in [-0.39, 0.29) is 17.6 Å². The summed E-state index contributed by atoms with van der Waals surface area (Å²) in [4.78, 5) is 0. The summed E-state index contributed by atoms with van der Waals surface area (Å²) in [5.74, 6) is -0.571. The minimum Gasteiger partial charge on any atom is -0.244 e. The summed E-state index contributed by atoms with van der Waals surface area (Å²) in [6, 6.07) is 12.4. The third kappa shape index (κ3) is 3.67. The molecule has 1 aromatic heterocycles. The lowest BCUT2D eigenvalue weighted by Gasteiger charge is -2.00. The molecule has 1 N–H and O–H groups in total. The van der Waals surface area contributed by atoms with Crippen LogP contribution in [-0.2, 0) is 0 Å². The topological polar surface area (TPSA) is 67.5 Å². The first-order valence-corrected chi connectivity index (χ1v) is 6.96. The van der Waals surface area contributed by atoms with Gasteiger partial charge in [-0.25, -0.2) is 14.2 Å². The molecule has 3 aromatic rings. The zero-order valence-electron chi connectivity index (χ0n) is 12.3. The van der Waals surface area contributed by atoms with Gasteiger partial charge in [-0.15, -0.1) is 10.2 Å². The van der Waals surface area contributed by atoms with Crippen LogP contribution in [0.2, 0.25) is 0 Å². The van der Waals surface area contributed by atoms with E-state index in [9.17, 15) is 8.78 Å². The Labute approximate surface area is 136 Å². The lowest BCUT2D eigenvalue weighted by atomic mass is 10.2. The molecule has 0 saturated carbocycles. The molecule has 3 rings (SSSR count). The van der Waals surface area contributed by atoms with Gasteiger partial charge in [0.05, 0.1) is 12.4 Å². The Bertz CT molecular complexity index is 888. The van der Waals surface area contributed by atoms with E-state index in [0.717, 1.165) is 0 Å². The van der Waals surface area contributed by atoms with Gasteiger partial charge in [-0.05, 0) is 12.1 Å². The van der Waals surface area contributed by atoms with Crippen molar-refractivity contribution in [2.75, 3.05) is 5.43 Å². The predicted octanol–water partition coefficient (Wildman–Crippen LogP) is 2.88. The summed E-state index contributed by atoms with van der Waals surface area (Å²) in [5.41, 5.74) is 3.26. The summed E-state index contributed by atoms with van der Waals surface area (Å²) < 4.78 is 28.3. The SMILES string of the molecule is Fc1ccccc1/C=N\n1cnnc1N/N=C/c1ccccc1F. The molecule has 0 fully saturated rings. The van der Waals surface area contributed by atoms with E-state index in [1.807, 2.05) is 0 Å². The lowest BCUT2D eigenvalue weighted by molar-refractivity contribution is 0.625. The minimum atomic E-state index is -0.388. The molecule has 0 amide bonds. The molecule has 0 spiro atoms. The molecule has 0 aliphatic rings. The largest absolute Gasteiger partial charge is 0.265 e. The Hall–Kier alpha value is -3.42. The first-order valence-electron chi connectivity index (χ1n) is 6.96. The number of benzene rings is 2. The van der Waals surface area contributed by atoms with Crippen LogP contribution < -0.4 is 5.43 Å². The van der Waals surface area contributed by atoms with E-state index in [1.165, 1.54) is 35.6 Å². The van der Waals surface area contributed by atoms with Crippen LogP contribution in [0.3, 0.4) is 0 Å². The zero-order valence-corrected chi connectivity index (χ0v) is 12.3. The first kappa shape index (κ1) is 15.5. The second-order valence-corrected chi connectivity index (χ2v) is 4.66. The maximum atomic E-state index is 13.5. The van der Waals surface area contributed by atoms with Crippen molar-refractivity contribution in [1.29, 1.82) is 0 Å². The van der Waals surface area contributed by atoms with Crippen LogP contribution in [0.5, 0.6) is 0 Å². The van der Waals surface area contributed by atoms with Gasteiger partial charge in [0, 0.05) is 11.1 Å². The third-order valence-corrected chi connectivity index (χ3v) is 3.03. The second-order valence-electron chi connectivity index (χ2n) is 4.66. The van der Waals surface area contributed by atoms with Crippen molar-refractivity contribution >= 4 is 18.4 Å². The molecule has 2 aromatic carbocycles. The standard InChI is InChI=1S/C16H12F2N6/c17-14-7-3-1-5-12(14)9-19-22-16-23-20-11-24(16)21-10-13-6-2-4-8-15(13)18/h1-11H,(H,22,23)/b19-9+,21-10-. The van der Waals surface area contributed by atoms with E-state index < -0.39 is 0 Å². The molecular weight excluding hydrogens is 314 g/mol. The van der Waals surface area contributed by atoms with E-state index in [4.69, 9.17) is 0 Å². The van der Waals surface area contributed by atoms with Crippen LogP contribution in [0.25, 0.3) is 0 Å². The third-order valence-electron chi connectivity index (χ3n) is 3.03. The molecule has 24 heavy (non-hydrogen) atoms. The van der Waals surface area contributed by atoms with Gasteiger partial charge in [-0.2, -0.15) is 14.9 Å². The molecule has 0 unspecified atom stereocenters. The molecule has 0 aliphatic carbocycles. The molecule has 8 heteroatoms. The van der Waals surface area contributed by atoms with Crippen molar-refractivity contribution in [3.8, 4) is 0 Å². The Kier molecular flexibility index (Phi) is 4.66. The van der Waals surface area contributed by atoms with Crippen LogP contribution in [0.1, 0.15) is 11.1 Å². The second kappa shape index (κ2) is 7.23. The molecule has 0 atom stereocenters. The van der Waals surface area contributed by atoms with Crippen molar-refractivity contribution in [2.45, 2.75) is 0 Å². The van der Waals surface area contributed by atoms with Crippen molar-refractivity contribution < 1.29 is 8.78 Å². The van der Waals surface area contributed by atoms with Crippen molar-refractivity contribution in [1.82, 2.24) is 14.9 Å². The Balaban J connectivity index is 1.72. The molecule has 0 aliphatic heterocycles. The number of rotatable bonds is 5.